The van der Waals surface area contributed by atoms with Crippen LogP contribution in [0.15, 0.2) is 35.3 Å². The highest BCUT2D eigenvalue weighted by Crippen LogP contribution is 2.26. The van der Waals surface area contributed by atoms with Gasteiger partial charge in [0.15, 0.2) is 0 Å². The van der Waals surface area contributed by atoms with E-state index in [1.54, 1.807) is 0 Å². The summed E-state index contributed by atoms with van der Waals surface area (Å²) >= 11 is 0. The molecule has 0 aliphatic carbocycles. The van der Waals surface area contributed by atoms with Crippen LogP contribution in [-0.2, 0) is 9.53 Å². The molecule has 90 valence electrons. The predicted octanol–water partition coefficient (Wildman–Crippen LogP) is 1.46. The third kappa shape index (κ3) is 1.69. The number of rotatable bonds is 1. The van der Waals surface area contributed by atoms with Crippen LogP contribution in [0.5, 0.6) is 0 Å². The number of benzene rings is 1. The quantitative estimate of drug-likeness (QED) is 0.819. The number of ether oxygens (including phenoxy) is 1. The van der Waals surface area contributed by atoms with Gasteiger partial charge in [0.2, 0.25) is 6.10 Å². The second kappa shape index (κ2) is 3.80. The molecule has 0 saturated heterocycles. The Morgan fingerprint density at radius 2 is 2.11 bits per heavy atom. The Bertz CT molecular complexity index is 679. The van der Waals surface area contributed by atoms with Gasteiger partial charge < -0.3 is 10.5 Å². The van der Waals surface area contributed by atoms with Crippen LogP contribution < -0.4 is 5.73 Å². The van der Waals surface area contributed by atoms with Crippen LogP contribution >= 0.6 is 0 Å². The molecule has 1 aliphatic rings. The van der Waals surface area contributed by atoms with E-state index in [2.05, 4.69) is 9.98 Å². The highest BCUT2D eigenvalue weighted by atomic mass is 16.5. The van der Waals surface area contributed by atoms with Gasteiger partial charge in [-0.2, -0.15) is 4.99 Å². The zero-order chi connectivity index (χ0) is 12.7. The maximum absolute atomic E-state index is 11.6. The summed E-state index contributed by atoms with van der Waals surface area (Å²) < 4.78 is 5.19. The van der Waals surface area contributed by atoms with Gasteiger partial charge in [-0.15, -0.1) is 0 Å². The molecule has 0 spiro atoms. The molecule has 1 atom stereocenters. The largest absolute Gasteiger partial charge is 0.447 e. The Hall–Kier alpha value is -2.43. The third-order valence-corrected chi connectivity index (χ3v) is 2.84. The fraction of sp³-hybridized carbons (Fsp3) is 0.154. The van der Waals surface area contributed by atoms with Crippen molar-refractivity contribution >= 4 is 22.8 Å². The van der Waals surface area contributed by atoms with E-state index in [4.69, 9.17) is 10.5 Å². The molecule has 3 rings (SSSR count). The number of pyridine rings is 1. The number of nitrogens with two attached hydrogens (primary N) is 1. The van der Waals surface area contributed by atoms with Crippen LogP contribution in [0.25, 0.3) is 10.9 Å². The average molecular weight is 241 g/mol. The Morgan fingerprint density at radius 1 is 1.28 bits per heavy atom. The minimum absolute atomic E-state index is 0.0767. The molecule has 1 aromatic heterocycles. The van der Waals surface area contributed by atoms with Gasteiger partial charge in [-0.25, -0.2) is 0 Å². The fourth-order valence-corrected chi connectivity index (χ4v) is 1.98. The average Bonchev–Trinajstić information content (AvgIpc) is 2.68. The summed E-state index contributed by atoms with van der Waals surface area (Å²) in [5, 5.41) is 0.958. The van der Waals surface area contributed by atoms with E-state index in [0.717, 1.165) is 22.2 Å². The number of aliphatic imine (C=N–C) groups is 1. The molecule has 1 aliphatic heterocycles. The lowest BCUT2D eigenvalue weighted by atomic mass is 10.1. The van der Waals surface area contributed by atoms with E-state index in [1.807, 2.05) is 37.3 Å². The fourth-order valence-electron chi connectivity index (χ4n) is 1.98. The number of aromatic nitrogens is 1. The molecule has 0 saturated carbocycles. The minimum Gasteiger partial charge on any atom is -0.447 e. The van der Waals surface area contributed by atoms with Crippen molar-refractivity contribution in [2.75, 3.05) is 0 Å². The van der Waals surface area contributed by atoms with Crippen LogP contribution in [0.4, 0.5) is 0 Å². The Kier molecular flexibility index (Phi) is 2.26. The molecule has 0 radical (unpaired) electrons. The third-order valence-electron chi connectivity index (χ3n) is 2.84. The second-order valence-electron chi connectivity index (χ2n) is 4.19. The summed E-state index contributed by atoms with van der Waals surface area (Å²) in [6.45, 7) is 1.94. The van der Waals surface area contributed by atoms with Gasteiger partial charge in [0.05, 0.1) is 5.52 Å². The van der Waals surface area contributed by atoms with Crippen molar-refractivity contribution in [1.82, 2.24) is 4.98 Å². The van der Waals surface area contributed by atoms with Crippen molar-refractivity contribution in [2.24, 2.45) is 10.7 Å². The van der Waals surface area contributed by atoms with Crippen molar-refractivity contribution < 1.29 is 9.53 Å². The summed E-state index contributed by atoms with van der Waals surface area (Å²) in [6.07, 6.45) is -0.726. The Morgan fingerprint density at radius 3 is 2.83 bits per heavy atom. The summed E-state index contributed by atoms with van der Waals surface area (Å²) in [6, 6.07) is 9.36. The van der Waals surface area contributed by atoms with E-state index in [-0.39, 0.29) is 11.9 Å². The molecular formula is C13H11N3O2. The molecule has 2 N–H and O–H groups in total. The van der Waals surface area contributed by atoms with Crippen molar-refractivity contribution in [1.29, 1.82) is 0 Å². The van der Waals surface area contributed by atoms with Gasteiger partial charge in [0, 0.05) is 16.6 Å². The number of hydrogen-bond donors (Lipinski definition) is 1. The van der Waals surface area contributed by atoms with Gasteiger partial charge in [-0.05, 0) is 25.1 Å². The first kappa shape index (κ1) is 10.7. The standard InChI is InChI=1S/C13H11N3O2/c1-7-2-3-8-6-9(4-5-10(8)15-7)11-12(17)16-13(14)18-11/h2-6,11H,1H3,(H2,14,16,17). The number of hydrogen-bond acceptors (Lipinski definition) is 4. The molecule has 2 heterocycles. The van der Waals surface area contributed by atoms with E-state index in [0.29, 0.717) is 0 Å². The first-order valence-corrected chi connectivity index (χ1v) is 5.55. The van der Waals surface area contributed by atoms with E-state index >= 15 is 0 Å². The molecule has 0 bridgehead atoms. The number of carbonyl (C=O) groups excluding carboxylic acids is 1. The minimum atomic E-state index is -0.726. The van der Waals surface area contributed by atoms with Crippen molar-refractivity contribution in [2.45, 2.75) is 13.0 Å². The first-order chi connectivity index (χ1) is 8.63. The Labute approximate surface area is 103 Å². The number of nitrogens with zero attached hydrogens (tertiary/aromatic N) is 2. The van der Waals surface area contributed by atoms with E-state index in [1.165, 1.54) is 0 Å². The topological polar surface area (TPSA) is 77.6 Å². The number of carbonyl (C=O) groups is 1. The number of aryl methyl sites for hydroxylation is 1. The molecule has 5 heteroatoms. The van der Waals surface area contributed by atoms with Gasteiger partial charge in [0.1, 0.15) is 0 Å². The van der Waals surface area contributed by atoms with Crippen LogP contribution in [0.3, 0.4) is 0 Å². The van der Waals surface area contributed by atoms with Crippen molar-refractivity contribution in [3.8, 4) is 0 Å². The molecule has 1 unspecified atom stereocenters. The van der Waals surface area contributed by atoms with Crippen LogP contribution in [0.1, 0.15) is 17.4 Å². The Balaban J connectivity index is 2.04. The number of fused-ring (bicyclic) bond motifs is 1. The maximum Gasteiger partial charge on any atom is 0.296 e. The zero-order valence-corrected chi connectivity index (χ0v) is 9.75. The van der Waals surface area contributed by atoms with Crippen LogP contribution in [0.2, 0.25) is 0 Å². The van der Waals surface area contributed by atoms with Gasteiger partial charge in [-0.1, -0.05) is 12.1 Å². The molecule has 1 amide bonds. The number of amidine groups is 1. The van der Waals surface area contributed by atoms with Gasteiger partial charge in [0.25, 0.3) is 11.9 Å². The molecule has 18 heavy (non-hydrogen) atoms. The van der Waals surface area contributed by atoms with E-state index in [9.17, 15) is 4.79 Å². The van der Waals surface area contributed by atoms with Crippen molar-refractivity contribution in [3.05, 3.63) is 41.6 Å². The zero-order valence-electron chi connectivity index (χ0n) is 9.75. The number of amides is 1. The van der Waals surface area contributed by atoms with Crippen LogP contribution in [0, 0.1) is 6.92 Å². The van der Waals surface area contributed by atoms with E-state index < -0.39 is 6.10 Å². The molecular weight excluding hydrogens is 230 g/mol. The molecule has 0 fully saturated rings. The lowest BCUT2D eigenvalue weighted by Crippen LogP contribution is -2.13. The van der Waals surface area contributed by atoms with Crippen LogP contribution in [-0.4, -0.2) is 16.9 Å². The first-order valence-electron chi connectivity index (χ1n) is 5.55. The molecule has 2 aromatic rings. The predicted molar refractivity (Wildman–Crippen MR) is 66.9 cm³/mol. The normalized spacial score (nSPS) is 18.8. The second-order valence-corrected chi connectivity index (χ2v) is 4.19. The summed E-state index contributed by atoms with van der Waals surface area (Å²) in [5.41, 5.74) is 7.96. The lowest BCUT2D eigenvalue weighted by molar-refractivity contribution is -0.122. The van der Waals surface area contributed by atoms with Crippen molar-refractivity contribution in [3.63, 3.8) is 0 Å². The molecule has 5 nitrogen and oxygen atoms in total. The summed E-state index contributed by atoms with van der Waals surface area (Å²) in [4.78, 5) is 19.5. The highest BCUT2D eigenvalue weighted by Gasteiger charge is 2.29. The highest BCUT2D eigenvalue weighted by molar-refractivity contribution is 5.98. The SMILES string of the molecule is Cc1ccc2cc(C3OC(N)=NC3=O)ccc2n1. The maximum atomic E-state index is 11.6. The van der Waals surface area contributed by atoms with Gasteiger partial charge >= 0.3 is 0 Å². The summed E-state index contributed by atoms with van der Waals surface area (Å²) in [7, 11) is 0. The molecule has 1 aromatic carbocycles. The monoisotopic (exact) mass is 241 g/mol. The summed E-state index contributed by atoms with van der Waals surface area (Å²) in [5.74, 6) is -0.369. The lowest BCUT2D eigenvalue weighted by Gasteiger charge is -2.09. The van der Waals surface area contributed by atoms with Gasteiger partial charge in [-0.3, -0.25) is 9.78 Å². The smallest absolute Gasteiger partial charge is 0.296 e.